The highest BCUT2D eigenvalue weighted by Crippen LogP contribution is 2.34. The van der Waals surface area contributed by atoms with Gasteiger partial charge < -0.3 is 10.1 Å². The van der Waals surface area contributed by atoms with Gasteiger partial charge >= 0.3 is 0 Å². The highest BCUT2D eigenvalue weighted by Gasteiger charge is 2.25. The Hall–Kier alpha value is -1.96. The maximum Gasteiger partial charge on any atom is 0.265 e. The number of anilines is 2. The molecule has 2 aromatic rings. The number of benzene rings is 2. The van der Waals surface area contributed by atoms with E-state index in [2.05, 4.69) is 10.0 Å². The Kier molecular flexibility index (Phi) is 4.33. The minimum Gasteiger partial charge on any atom is -0.479 e. The van der Waals surface area contributed by atoms with Crippen LogP contribution in [0.15, 0.2) is 41.3 Å². The van der Waals surface area contributed by atoms with E-state index < -0.39 is 16.1 Å². The van der Waals surface area contributed by atoms with Gasteiger partial charge in [0.1, 0.15) is 10.6 Å². The van der Waals surface area contributed by atoms with Crippen molar-refractivity contribution in [3.8, 4) is 5.75 Å². The van der Waals surface area contributed by atoms with Gasteiger partial charge in [0, 0.05) is 0 Å². The Morgan fingerprint density at radius 3 is 2.71 bits per heavy atom. The average Bonchev–Trinajstić information content (AvgIpc) is 2.51. The van der Waals surface area contributed by atoms with Crippen LogP contribution in [-0.4, -0.2) is 20.4 Å². The van der Waals surface area contributed by atoms with Crippen molar-refractivity contribution in [2.24, 2.45) is 0 Å². The van der Waals surface area contributed by atoms with E-state index in [4.69, 9.17) is 27.9 Å². The second kappa shape index (κ2) is 6.16. The molecule has 0 fully saturated rings. The molecule has 1 aliphatic heterocycles. The number of carbonyl (C=O) groups excluding carboxylic acids is 1. The van der Waals surface area contributed by atoms with Crippen molar-refractivity contribution in [1.29, 1.82) is 0 Å². The summed E-state index contributed by atoms with van der Waals surface area (Å²) in [6.07, 6.45) is -0.606. The quantitative estimate of drug-likeness (QED) is 0.844. The van der Waals surface area contributed by atoms with E-state index >= 15 is 0 Å². The second-order valence-corrected chi connectivity index (χ2v) is 7.55. The van der Waals surface area contributed by atoms with Crippen molar-refractivity contribution < 1.29 is 17.9 Å². The predicted molar refractivity (Wildman–Crippen MR) is 92.4 cm³/mol. The van der Waals surface area contributed by atoms with Gasteiger partial charge in [-0.15, -0.1) is 0 Å². The average molecular weight is 387 g/mol. The first-order chi connectivity index (χ1) is 11.3. The Labute approximate surface area is 148 Å². The highest BCUT2D eigenvalue weighted by atomic mass is 35.5. The SMILES string of the molecule is C[C@@H]1Oc2ccc(NS(=O)(=O)c3cccc(Cl)c3Cl)cc2NC1=O. The molecular formula is C15H12Cl2N2O4S. The van der Waals surface area contributed by atoms with Crippen LogP contribution in [0, 0.1) is 0 Å². The van der Waals surface area contributed by atoms with E-state index in [1.54, 1.807) is 13.0 Å². The van der Waals surface area contributed by atoms with Gasteiger partial charge in [0.05, 0.1) is 21.4 Å². The lowest BCUT2D eigenvalue weighted by molar-refractivity contribution is -0.122. The summed E-state index contributed by atoms with van der Waals surface area (Å²) < 4.78 is 32.8. The molecule has 1 heterocycles. The number of carbonyl (C=O) groups is 1. The molecule has 0 aliphatic carbocycles. The lowest BCUT2D eigenvalue weighted by Gasteiger charge is -2.23. The van der Waals surface area contributed by atoms with Crippen molar-refractivity contribution >= 4 is 50.5 Å². The summed E-state index contributed by atoms with van der Waals surface area (Å²) in [5.74, 6) is 0.159. The van der Waals surface area contributed by atoms with Crippen molar-refractivity contribution in [2.45, 2.75) is 17.9 Å². The van der Waals surface area contributed by atoms with Gasteiger partial charge in [-0.2, -0.15) is 0 Å². The van der Waals surface area contributed by atoms with Crippen LogP contribution in [0.4, 0.5) is 11.4 Å². The highest BCUT2D eigenvalue weighted by molar-refractivity contribution is 7.92. The largest absolute Gasteiger partial charge is 0.479 e. The van der Waals surface area contributed by atoms with E-state index in [0.717, 1.165) is 0 Å². The number of rotatable bonds is 3. The minimum absolute atomic E-state index is 0.0601. The van der Waals surface area contributed by atoms with Gasteiger partial charge in [0.15, 0.2) is 6.10 Å². The molecule has 6 nitrogen and oxygen atoms in total. The molecule has 1 atom stereocenters. The van der Waals surface area contributed by atoms with Crippen LogP contribution < -0.4 is 14.8 Å². The molecule has 24 heavy (non-hydrogen) atoms. The predicted octanol–water partition coefficient (Wildman–Crippen LogP) is 3.51. The number of sulfonamides is 1. The fourth-order valence-corrected chi connectivity index (χ4v) is 3.99. The normalized spacial score (nSPS) is 16.8. The van der Waals surface area contributed by atoms with Crippen LogP contribution >= 0.6 is 23.2 Å². The van der Waals surface area contributed by atoms with Crippen molar-refractivity contribution in [3.05, 3.63) is 46.4 Å². The van der Waals surface area contributed by atoms with E-state index in [-0.39, 0.29) is 26.5 Å². The fourth-order valence-electron chi connectivity index (χ4n) is 2.17. The first-order valence-corrected chi connectivity index (χ1v) is 9.10. The zero-order valence-electron chi connectivity index (χ0n) is 12.3. The lowest BCUT2D eigenvalue weighted by atomic mass is 10.2. The van der Waals surface area contributed by atoms with Crippen molar-refractivity contribution in [2.75, 3.05) is 10.0 Å². The first kappa shape index (κ1) is 16.9. The summed E-state index contributed by atoms with van der Waals surface area (Å²) in [4.78, 5) is 11.5. The van der Waals surface area contributed by atoms with Gasteiger partial charge in [0.2, 0.25) is 0 Å². The molecule has 3 rings (SSSR count). The number of hydrogen-bond donors (Lipinski definition) is 2. The van der Waals surface area contributed by atoms with Crippen LogP contribution in [-0.2, 0) is 14.8 Å². The van der Waals surface area contributed by atoms with Crippen LogP contribution in [0.5, 0.6) is 5.75 Å². The number of halogens is 2. The smallest absolute Gasteiger partial charge is 0.265 e. The lowest BCUT2D eigenvalue weighted by Crippen LogP contribution is -2.34. The van der Waals surface area contributed by atoms with E-state index in [1.165, 1.54) is 30.3 Å². The van der Waals surface area contributed by atoms with E-state index in [0.29, 0.717) is 11.4 Å². The molecule has 0 bridgehead atoms. The molecule has 1 aliphatic rings. The maximum absolute atomic E-state index is 12.5. The van der Waals surface area contributed by atoms with Gasteiger partial charge in [-0.25, -0.2) is 8.42 Å². The summed E-state index contributed by atoms with van der Waals surface area (Å²) >= 11 is 11.8. The van der Waals surface area contributed by atoms with Crippen molar-refractivity contribution in [3.63, 3.8) is 0 Å². The summed E-state index contributed by atoms with van der Waals surface area (Å²) in [5.41, 5.74) is 0.638. The molecule has 2 aromatic carbocycles. The van der Waals surface area contributed by atoms with Gasteiger partial charge in [-0.1, -0.05) is 29.3 Å². The zero-order chi connectivity index (χ0) is 17.5. The fraction of sp³-hybridized carbons (Fsp3) is 0.133. The molecule has 9 heteroatoms. The monoisotopic (exact) mass is 386 g/mol. The molecule has 0 unspecified atom stereocenters. The number of ether oxygens (including phenoxy) is 1. The summed E-state index contributed by atoms with van der Waals surface area (Å²) in [6.45, 7) is 1.62. The van der Waals surface area contributed by atoms with Gasteiger partial charge in [-0.3, -0.25) is 9.52 Å². The Morgan fingerprint density at radius 1 is 1.21 bits per heavy atom. The van der Waals surface area contributed by atoms with Crippen LogP contribution in [0.1, 0.15) is 6.92 Å². The Morgan fingerprint density at radius 2 is 1.96 bits per heavy atom. The molecule has 1 amide bonds. The molecule has 0 spiro atoms. The molecule has 2 N–H and O–H groups in total. The standard InChI is InChI=1S/C15H12Cl2N2O4S/c1-8-15(20)18-11-7-9(5-6-12(11)23-8)19-24(21,22)13-4-2-3-10(16)14(13)17/h2-8,19H,1H3,(H,18,20)/t8-/m0/s1. The van der Waals surface area contributed by atoms with Crippen LogP contribution in [0.2, 0.25) is 10.0 Å². The summed E-state index contributed by atoms with van der Waals surface area (Å²) in [6, 6.07) is 8.90. The van der Waals surface area contributed by atoms with Crippen molar-refractivity contribution in [1.82, 2.24) is 0 Å². The first-order valence-electron chi connectivity index (χ1n) is 6.86. The van der Waals surface area contributed by atoms with Crippen LogP contribution in [0.3, 0.4) is 0 Å². The van der Waals surface area contributed by atoms with Gasteiger partial charge in [0.25, 0.3) is 15.9 Å². The third-order valence-corrected chi connectivity index (χ3v) is 5.72. The van der Waals surface area contributed by atoms with Crippen LogP contribution in [0.25, 0.3) is 0 Å². The third kappa shape index (κ3) is 3.15. The van der Waals surface area contributed by atoms with E-state index in [1.807, 2.05) is 0 Å². The maximum atomic E-state index is 12.5. The minimum atomic E-state index is -3.94. The molecule has 0 saturated heterocycles. The molecule has 126 valence electrons. The summed E-state index contributed by atoms with van der Waals surface area (Å²) in [7, 11) is -3.94. The van der Waals surface area contributed by atoms with Gasteiger partial charge in [-0.05, 0) is 37.3 Å². The third-order valence-electron chi connectivity index (χ3n) is 3.37. The zero-order valence-corrected chi connectivity index (χ0v) is 14.7. The molecule has 0 radical (unpaired) electrons. The second-order valence-electron chi connectivity index (χ2n) is 5.12. The summed E-state index contributed by atoms with van der Waals surface area (Å²) in [5, 5.41) is 2.73. The number of hydrogen-bond acceptors (Lipinski definition) is 4. The topological polar surface area (TPSA) is 84.5 Å². The number of nitrogens with one attached hydrogen (secondary N) is 2. The molecule has 0 saturated carbocycles. The molecule has 0 aromatic heterocycles. The Bertz CT molecular complexity index is 931. The molecular weight excluding hydrogens is 375 g/mol. The number of fused-ring (bicyclic) bond motifs is 1. The number of amides is 1. The van der Waals surface area contributed by atoms with E-state index in [9.17, 15) is 13.2 Å². The Balaban J connectivity index is 1.93.